The SMILES string of the molecule is COc1c(CN(C)CC2CCOC2)cc(O)c2c1C[C@H]1C[C@H]3[C@H](N(C)C)C(O)=C(C(N)=O)C(=O)[C@@]3(O)C(OO)=C1C2=O. The quantitative estimate of drug-likeness (QED) is 0.161. The first kappa shape index (κ1) is 30.0. The molecule has 0 radical (unpaired) electrons. The van der Waals surface area contributed by atoms with Gasteiger partial charge in [-0.1, -0.05) is 0 Å². The number of aliphatic hydroxyl groups excluding tert-OH is 1. The number of Topliss-reactive ketones (excluding diaryl/α,β-unsaturated/α-hetero) is 2. The van der Waals surface area contributed by atoms with Gasteiger partial charge in [0.1, 0.15) is 22.8 Å². The molecule has 0 bridgehead atoms. The maximum Gasteiger partial charge on any atom is 0.255 e. The number of hydrogen-bond acceptors (Lipinski definition) is 12. The molecule has 1 amide bonds. The number of phenolic OH excluding ortho intramolecular Hbond substituents is 1. The lowest BCUT2D eigenvalue weighted by Gasteiger charge is -2.50. The minimum atomic E-state index is -2.69. The van der Waals surface area contributed by atoms with Crippen LogP contribution in [0.3, 0.4) is 0 Å². The number of ketones is 2. The van der Waals surface area contributed by atoms with Crippen LogP contribution in [0, 0.1) is 17.8 Å². The molecule has 1 unspecified atom stereocenters. The van der Waals surface area contributed by atoms with Crippen molar-refractivity contribution in [1.82, 2.24) is 9.80 Å². The molecule has 13 nitrogen and oxygen atoms in total. The molecule has 1 aromatic rings. The summed E-state index contributed by atoms with van der Waals surface area (Å²) >= 11 is 0. The van der Waals surface area contributed by atoms with Crippen LogP contribution >= 0.6 is 0 Å². The van der Waals surface area contributed by atoms with Crippen LogP contribution in [0.25, 0.3) is 0 Å². The standard InChI is InChI=1S/C29H37N3O10/c1-31(2)22-17-8-14-7-16-20(18(33)9-15(25(16)40-4)11-32(3)10-13-5-6-41-12-13)23(34)19(14)27(42-39)29(17,38)26(36)21(24(22)35)28(30)37/h9,13-14,17,22,33,35,38-39H,5-8,10-12H2,1-4H3,(H2,30,37)/t13?,14-,17-,22-,29+/m0/s1. The third-order valence-corrected chi connectivity index (χ3v) is 9.05. The van der Waals surface area contributed by atoms with Gasteiger partial charge in [-0.05, 0) is 58.3 Å². The van der Waals surface area contributed by atoms with Crippen LogP contribution in [0.5, 0.6) is 11.5 Å². The fraction of sp³-hybridized carbons (Fsp3) is 0.552. The zero-order valence-corrected chi connectivity index (χ0v) is 24.0. The summed E-state index contributed by atoms with van der Waals surface area (Å²) in [5, 5.41) is 44.0. The Balaban J connectivity index is 1.62. The van der Waals surface area contributed by atoms with Gasteiger partial charge < -0.3 is 40.3 Å². The highest BCUT2D eigenvalue weighted by atomic mass is 17.1. The molecule has 1 aromatic carbocycles. The molecular weight excluding hydrogens is 550 g/mol. The Morgan fingerprint density at radius 3 is 2.52 bits per heavy atom. The molecule has 1 fully saturated rings. The lowest BCUT2D eigenvalue weighted by atomic mass is 9.58. The van der Waals surface area contributed by atoms with Gasteiger partial charge in [-0.2, -0.15) is 0 Å². The van der Waals surface area contributed by atoms with Gasteiger partial charge in [0.25, 0.3) is 5.91 Å². The first-order chi connectivity index (χ1) is 19.9. The summed E-state index contributed by atoms with van der Waals surface area (Å²) in [5.74, 6) is -6.00. The number of allylic oxidation sites excluding steroid dienone is 1. The highest BCUT2D eigenvalue weighted by molar-refractivity contribution is 6.24. The van der Waals surface area contributed by atoms with Gasteiger partial charge in [0.05, 0.1) is 25.3 Å². The molecule has 3 aliphatic carbocycles. The number of amides is 1. The van der Waals surface area contributed by atoms with Gasteiger partial charge >= 0.3 is 0 Å². The van der Waals surface area contributed by atoms with Gasteiger partial charge in [-0.3, -0.25) is 19.3 Å². The van der Waals surface area contributed by atoms with E-state index >= 15 is 0 Å². The van der Waals surface area contributed by atoms with E-state index in [1.807, 2.05) is 7.05 Å². The van der Waals surface area contributed by atoms with Crippen LogP contribution in [-0.4, -0.2) is 108 Å². The van der Waals surface area contributed by atoms with Crippen molar-refractivity contribution in [2.24, 2.45) is 23.5 Å². The Labute approximate surface area is 242 Å². The number of benzene rings is 1. The van der Waals surface area contributed by atoms with Gasteiger partial charge in [-0.15, -0.1) is 0 Å². The van der Waals surface area contributed by atoms with E-state index in [4.69, 9.17) is 15.2 Å². The third kappa shape index (κ3) is 4.47. The summed E-state index contributed by atoms with van der Waals surface area (Å²) in [6.45, 7) is 2.62. The first-order valence-corrected chi connectivity index (χ1v) is 13.8. The molecule has 1 heterocycles. The molecule has 0 saturated carbocycles. The maximum absolute atomic E-state index is 14.0. The zero-order chi connectivity index (χ0) is 30.7. The van der Waals surface area contributed by atoms with Crippen molar-refractivity contribution in [3.05, 3.63) is 45.4 Å². The maximum atomic E-state index is 14.0. The van der Waals surface area contributed by atoms with Crippen molar-refractivity contribution in [2.75, 3.05) is 48.0 Å². The number of fused-ring (bicyclic) bond motifs is 3. The van der Waals surface area contributed by atoms with Crippen molar-refractivity contribution in [3.8, 4) is 11.5 Å². The average molecular weight is 588 g/mol. The third-order valence-electron chi connectivity index (χ3n) is 9.05. The number of carbonyl (C=O) groups excluding carboxylic acids is 3. The molecule has 228 valence electrons. The molecule has 0 aromatic heterocycles. The fourth-order valence-corrected chi connectivity index (χ4v) is 7.35. The van der Waals surface area contributed by atoms with E-state index < -0.39 is 58.0 Å². The van der Waals surface area contributed by atoms with Crippen LogP contribution in [-0.2, 0) is 32.2 Å². The Morgan fingerprint density at radius 2 is 1.95 bits per heavy atom. The number of rotatable bonds is 8. The summed E-state index contributed by atoms with van der Waals surface area (Å²) in [7, 11) is 6.60. The van der Waals surface area contributed by atoms with Gasteiger partial charge in [0, 0.05) is 42.3 Å². The summed E-state index contributed by atoms with van der Waals surface area (Å²) < 4.78 is 11.3. The highest BCUT2D eigenvalue weighted by Gasteiger charge is 2.64. The Bertz CT molecular complexity index is 1400. The number of carbonyl (C=O) groups is 3. The smallest absolute Gasteiger partial charge is 0.255 e. The number of aromatic hydroxyl groups is 1. The van der Waals surface area contributed by atoms with Gasteiger partial charge in [0.15, 0.2) is 17.1 Å². The number of nitrogens with two attached hydrogens (primary N) is 1. The van der Waals surface area contributed by atoms with E-state index in [-0.39, 0.29) is 29.7 Å². The number of hydrogen-bond donors (Lipinski definition) is 5. The highest BCUT2D eigenvalue weighted by Crippen LogP contribution is 2.54. The predicted molar refractivity (Wildman–Crippen MR) is 147 cm³/mol. The van der Waals surface area contributed by atoms with E-state index in [1.54, 1.807) is 14.1 Å². The molecule has 6 N–H and O–H groups in total. The van der Waals surface area contributed by atoms with Crippen LogP contribution in [0.1, 0.15) is 34.3 Å². The summed E-state index contributed by atoms with van der Waals surface area (Å²) in [6.07, 6.45) is 1.10. The van der Waals surface area contributed by atoms with Crippen molar-refractivity contribution < 1.29 is 49.3 Å². The Morgan fingerprint density at radius 1 is 1.24 bits per heavy atom. The van der Waals surface area contributed by atoms with E-state index in [9.17, 15) is 35.0 Å². The van der Waals surface area contributed by atoms with Crippen LogP contribution < -0.4 is 10.5 Å². The van der Waals surface area contributed by atoms with E-state index in [0.717, 1.165) is 19.6 Å². The minimum Gasteiger partial charge on any atom is -0.510 e. The van der Waals surface area contributed by atoms with Crippen LogP contribution in [0.15, 0.2) is 28.7 Å². The number of aliphatic hydroxyl groups is 2. The first-order valence-electron chi connectivity index (χ1n) is 13.8. The lowest BCUT2D eigenvalue weighted by Crippen LogP contribution is -2.64. The second kappa shape index (κ2) is 11.0. The van der Waals surface area contributed by atoms with E-state index in [2.05, 4.69) is 9.79 Å². The van der Waals surface area contributed by atoms with E-state index in [1.165, 1.54) is 18.1 Å². The second-order valence-electron chi connectivity index (χ2n) is 11.9. The van der Waals surface area contributed by atoms with Gasteiger partial charge in [0.2, 0.25) is 5.78 Å². The molecule has 1 saturated heterocycles. The topological polar surface area (TPSA) is 192 Å². The minimum absolute atomic E-state index is 0.00963. The predicted octanol–water partition coefficient (Wildman–Crippen LogP) is 0.529. The number of primary amides is 1. The number of phenols is 1. The van der Waals surface area contributed by atoms with E-state index in [0.29, 0.717) is 35.9 Å². The second-order valence-corrected chi connectivity index (χ2v) is 11.9. The number of likely N-dealkylation sites (N-methyl/N-ethyl adjacent to an activating group) is 1. The summed E-state index contributed by atoms with van der Waals surface area (Å²) in [5.41, 5.74) is 2.69. The normalized spacial score (nSPS) is 29.1. The molecule has 4 aliphatic rings. The molecule has 5 atom stereocenters. The summed E-state index contributed by atoms with van der Waals surface area (Å²) in [6, 6.07) is 0.380. The molecule has 13 heteroatoms. The molecule has 0 spiro atoms. The molecule has 42 heavy (non-hydrogen) atoms. The number of ether oxygens (including phenoxy) is 2. The van der Waals surface area contributed by atoms with Crippen molar-refractivity contribution in [2.45, 2.75) is 37.5 Å². The fourth-order valence-electron chi connectivity index (χ4n) is 7.35. The molecular formula is C29H37N3O10. The van der Waals surface area contributed by atoms with Gasteiger partial charge in [-0.25, -0.2) is 5.26 Å². The number of methoxy groups -OCH3 is 1. The zero-order valence-electron chi connectivity index (χ0n) is 24.0. The Hall–Kier alpha value is -3.49. The number of nitrogens with zero attached hydrogens (tertiary/aromatic N) is 2. The molecule has 1 aliphatic heterocycles. The monoisotopic (exact) mass is 587 g/mol. The van der Waals surface area contributed by atoms with Crippen LogP contribution in [0.2, 0.25) is 0 Å². The van der Waals surface area contributed by atoms with Crippen molar-refractivity contribution in [1.29, 1.82) is 0 Å². The Kier molecular flexibility index (Phi) is 7.83. The van der Waals surface area contributed by atoms with Crippen molar-refractivity contribution in [3.63, 3.8) is 0 Å². The lowest BCUT2D eigenvalue weighted by molar-refractivity contribution is -0.239. The molecule has 5 rings (SSSR count). The van der Waals surface area contributed by atoms with Crippen molar-refractivity contribution >= 4 is 17.5 Å². The largest absolute Gasteiger partial charge is 0.510 e. The van der Waals surface area contributed by atoms with Crippen LogP contribution in [0.4, 0.5) is 0 Å². The average Bonchev–Trinajstić information content (AvgIpc) is 3.41. The summed E-state index contributed by atoms with van der Waals surface area (Å²) in [4.78, 5) is 47.9.